The van der Waals surface area contributed by atoms with Crippen LogP contribution in [0.2, 0.25) is 5.02 Å². The van der Waals surface area contributed by atoms with Crippen LogP contribution in [-0.4, -0.2) is 5.97 Å². The minimum atomic E-state index is -1.18. The highest BCUT2D eigenvalue weighted by molar-refractivity contribution is 6.30. The Morgan fingerprint density at radius 2 is 1.72 bits per heavy atom. The van der Waals surface area contributed by atoms with Gasteiger partial charge in [-0.05, 0) is 23.8 Å². The monoisotopic (exact) mass is 265 g/mol. The maximum atomic E-state index is 10.2. The molecular weight excluding hydrogens is 254 g/mol. The molecule has 0 radical (unpaired) electrons. The fraction of sp³-hybridized carbons (Fsp3) is 0. The van der Waals surface area contributed by atoms with Crippen LogP contribution >= 0.6 is 11.6 Å². The van der Waals surface area contributed by atoms with Gasteiger partial charge >= 0.3 is 0 Å². The summed E-state index contributed by atoms with van der Waals surface area (Å²) in [5.41, 5.74) is 11.3. The zero-order valence-electron chi connectivity index (χ0n) is 9.39. The fourth-order valence-electron chi connectivity index (χ4n) is 1.04. The second kappa shape index (κ2) is 6.46. The molecular formula is C12H12ClN3O2. The van der Waals surface area contributed by atoms with E-state index in [1.807, 2.05) is 0 Å². The smallest absolute Gasteiger partial charge is 0.270 e. The lowest BCUT2D eigenvalue weighted by Gasteiger charge is -2.00. The molecule has 1 aromatic heterocycles. The van der Waals surface area contributed by atoms with Crippen molar-refractivity contribution in [2.45, 2.75) is 0 Å². The molecule has 0 spiro atoms. The molecule has 1 heterocycles. The number of carboxylic acids is 1. The number of carbonyl (C=O) groups excluding carboxylic acids is 1. The zero-order valence-corrected chi connectivity index (χ0v) is 10.1. The molecule has 2 aromatic rings. The first-order valence-corrected chi connectivity index (χ1v) is 5.36. The quantitative estimate of drug-likeness (QED) is 0.727. The number of nitrogens with one attached hydrogen (secondary N) is 1. The summed E-state index contributed by atoms with van der Waals surface area (Å²) in [6.07, 6.45) is 1.64. The second-order valence-electron chi connectivity index (χ2n) is 3.37. The predicted molar refractivity (Wildman–Crippen MR) is 67.6 cm³/mol. The molecule has 0 saturated heterocycles. The summed E-state index contributed by atoms with van der Waals surface area (Å²) in [7, 11) is 0. The summed E-state index contributed by atoms with van der Waals surface area (Å²) in [5, 5.41) is 10.8. The number of nitrogens with two attached hydrogens (primary N) is 2. The van der Waals surface area contributed by atoms with Crippen LogP contribution in [0.3, 0.4) is 0 Å². The van der Waals surface area contributed by atoms with Crippen molar-refractivity contribution in [2.24, 2.45) is 0 Å². The number of H-pyrrole nitrogens is 1. The topological polar surface area (TPSA) is 106 Å². The number of carboxylic acid groups (broad SMARTS) is 1. The van der Waals surface area contributed by atoms with E-state index in [0.29, 0.717) is 16.5 Å². The van der Waals surface area contributed by atoms with Gasteiger partial charge < -0.3 is 15.6 Å². The number of hydrogen-bond acceptors (Lipinski definition) is 4. The van der Waals surface area contributed by atoms with Crippen molar-refractivity contribution in [3.05, 3.63) is 53.2 Å². The molecule has 2 rings (SSSR count). The predicted octanol–water partition coefficient (Wildman–Crippen LogP) is 0.369. The van der Waals surface area contributed by atoms with Gasteiger partial charge in [0.25, 0.3) is 5.82 Å². The molecule has 0 aliphatic carbocycles. The Bertz CT molecular complexity index is 491. The molecule has 0 amide bonds. The fourth-order valence-corrected chi connectivity index (χ4v) is 1.15. The lowest BCUT2D eigenvalue weighted by atomic mass is 10.2. The van der Waals surface area contributed by atoms with E-state index in [4.69, 9.17) is 23.1 Å². The summed E-state index contributed by atoms with van der Waals surface area (Å²) in [4.78, 5) is 12.9. The van der Waals surface area contributed by atoms with Crippen molar-refractivity contribution in [3.8, 4) is 0 Å². The number of carbonyl (C=O) groups is 1. The molecule has 0 atom stereocenters. The number of rotatable bonds is 1. The van der Waals surface area contributed by atoms with E-state index in [2.05, 4.69) is 4.98 Å². The van der Waals surface area contributed by atoms with E-state index in [-0.39, 0.29) is 5.56 Å². The minimum absolute atomic E-state index is 0.147. The molecule has 94 valence electrons. The Morgan fingerprint density at radius 1 is 1.11 bits per heavy atom. The van der Waals surface area contributed by atoms with Crippen molar-refractivity contribution >= 4 is 29.1 Å². The summed E-state index contributed by atoms with van der Waals surface area (Å²) in [6.45, 7) is 0. The maximum Gasteiger partial charge on any atom is 0.270 e. The molecule has 5 nitrogen and oxygen atoms in total. The number of pyridine rings is 1. The molecule has 0 saturated carbocycles. The van der Waals surface area contributed by atoms with Crippen molar-refractivity contribution in [1.82, 2.24) is 0 Å². The summed E-state index contributed by atoms with van der Waals surface area (Å²) >= 11 is 5.52. The molecule has 6 heteroatoms. The largest absolute Gasteiger partial charge is 0.545 e. The van der Waals surface area contributed by atoms with Crippen LogP contribution in [0.4, 0.5) is 11.5 Å². The van der Waals surface area contributed by atoms with E-state index in [9.17, 15) is 9.90 Å². The van der Waals surface area contributed by atoms with Gasteiger partial charge in [0, 0.05) is 11.8 Å². The summed E-state index contributed by atoms with van der Waals surface area (Å²) < 4.78 is 0. The number of halogens is 1. The third-order valence-corrected chi connectivity index (χ3v) is 2.18. The highest BCUT2D eigenvalue weighted by Gasteiger charge is 1.90. The van der Waals surface area contributed by atoms with Crippen LogP contribution in [0.15, 0.2) is 42.6 Å². The third-order valence-electron chi connectivity index (χ3n) is 1.95. The van der Waals surface area contributed by atoms with Gasteiger partial charge in [-0.25, -0.2) is 4.98 Å². The van der Waals surface area contributed by atoms with E-state index in [0.717, 1.165) is 0 Å². The summed E-state index contributed by atoms with van der Waals surface area (Å²) in [5.74, 6) is -0.561. The van der Waals surface area contributed by atoms with Crippen LogP contribution in [0.1, 0.15) is 10.4 Å². The molecule has 18 heavy (non-hydrogen) atoms. The number of benzene rings is 1. The lowest BCUT2D eigenvalue weighted by molar-refractivity contribution is -0.360. The Kier molecular flexibility index (Phi) is 4.95. The van der Waals surface area contributed by atoms with Crippen LogP contribution in [0.25, 0.3) is 0 Å². The number of hydrogen-bond donors (Lipinski definition) is 2. The molecule has 0 bridgehead atoms. The first-order chi connectivity index (χ1) is 8.49. The summed E-state index contributed by atoms with van der Waals surface area (Å²) in [6, 6.07) is 9.29. The van der Waals surface area contributed by atoms with Gasteiger partial charge in [-0.2, -0.15) is 0 Å². The second-order valence-corrected chi connectivity index (χ2v) is 3.81. The lowest BCUT2D eigenvalue weighted by Crippen LogP contribution is -2.21. The standard InChI is InChI=1S/C7H7NO2.C5H5ClN2/c8-6-3-1-5(2-4-6)7(9)10;6-4-1-2-5(7)8-3-4/h1-4H,8H2,(H,9,10);1-3H,(H2,7,8). The average molecular weight is 266 g/mol. The van der Waals surface area contributed by atoms with E-state index < -0.39 is 5.97 Å². The number of nitrogen functional groups attached to an aromatic ring is 2. The average Bonchev–Trinajstić information content (AvgIpc) is 2.34. The number of aromatic carboxylic acids is 1. The molecule has 0 aliphatic rings. The van der Waals surface area contributed by atoms with Gasteiger partial charge in [-0.1, -0.05) is 23.7 Å². The Balaban J connectivity index is 0.000000184. The van der Waals surface area contributed by atoms with Gasteiger partial charge in [0.2, 0.25) is 0 Å². The molecule has 0 unspecified atom stereocenters. The Labute approximate surface area is 109 Å². The van der Waals surface area contributed by atoms with Crippen molar-refractivity contribution in [1.29, 1.82) is 0 Å². The number of anilines is 2. The highest BCUT2D eigenvalue weighted by Crippen LogP contribution is 2.03. The first kappa shape index (κ1) is 13.8. The molecule has 1 aromatic carbocycles. The van der Waals surface area contributed by atoms with Gasteiger partial charge in [-0.15, -0.1) is 0 Å². The number of aromatic nitrogens is 1. The van der Waals surface area contributed by atoms with Gasteiger partial charge in [0.15, 0.2) is 0 Å². The SMILES string of the molecule is Nc1ccc(C(=O)[O-])cc1.Nc1ccc(Cl)c[nH+]1. The van der Waals surface area contributed by atoms with E-state index in [1.165, 1.54) is 24.3 Å². The van der Waals surface area contributed by atoms with Crippen LogP contribution in [-0.2, 0) is 0 Å². The molecule has 5 N–H and O–H groups in total. The van der Waals surface area contributed by atoms with Crippen LogP contribution in [0, 0.1) is 0 Å². The van der Waals surface area contributed by atoms with E-state index in [1.54, 1.807) is 18.3 Å². The molecule has 0 aliphatic heterocycles. The molecule has 0 fully saturated rings. The Morgan fingerprint density at radius 3 is 2.11 bits per heavy atom. The van der Waals surface area contributed by atoms with Gasteiger partial charge in [0.05, 0.1) is 11.0 Å². The third kappa shape index (κ3) is 4.71. The normalized spacial score (nSPS) is 9.17. The van der Waals surface area contributed by atoms with Gasteiger partial charge in [-0.3, -0.25) is 5.73 Å². The Hall–Kier alpha value is -2.27. The first-order valence-electron chi connectivity index (χ1n) is 4.98. The highest BCUT2D eigenvalue weighted by atomic mass is 35.5. The maximum absolute atomic E-state index is 10.2. The van der Waals surface area contributed by atoms with Crippen molar-refractivity contribution < 1.29 is 14.9 Å². The van der Waals surface area contributed by atoms with Crippen LogP contribution in [0.5, 0.6) is 0 Å². The van der Waals surface area contributed by atoms with Crippen molar-refractivity contribution in [3.63, 3.8) is 0 Å². The zero-order chi connectivity index (χ0) is 13.5. The van der Waals surface area contributed by atoms with Crippen LogP contribution < -0.4 is 21.6 Å². The van der Waals surface area contributed by atoms with E-state index >= 15 is 0 Å². The van der Waals surface area contributed by atoms with Gasteiger partial charge in [0.1, 0.15) is 6.20 Å². The number of aromatic amines is 1. The van der Waals surface area contributed by atoms with Crippen molar-refractivity contribution in [2.75, 3.05) is 11.5 Å². The minimum Gasteiger partial charge on any atom is -0.545 e.